The third kappa shape index (κ3) is 1.96. The van der Waals surface area contributed by atoms with E-state index in [9.17, 15) is 4.79 Å². The number of pyridine rings is 1. The maximum absolute atomic E-state index is 10.7. The normalized spacial score (nSPS) is 10.4. The molecule has 0 bridgehead atoms. The maximum atomic E-state index is 10.7. The fourth-order valence-electron chi connectivity index (χ4n) is 1.30. The Kier molecular flexibility index (Phi) is 2.74. The third-order valence-electron chi connectivity index (χ3n) is 2.04. The number of rotatable bonds is 2. The largest absolute Gasteiger partial charge is 0.476 e. The average molecular weight is 282 g/mol. The molecule has 2 aromatic heterocycles. The van der Waals surface area contributed by atoms with Crippen LogP contribution in [0.2, 0.25) is 0 Å². The van der Waals surface area contributed by atoms with Crippen molar-refractivity contribution in [1.82, 2.24) is 14.8 Å². The number of hydrogen-bond acceptors (Lipinski definition) is 3. The lowest BCUT2D eigenvalue weighted by Gasteiger charge is -2.02. The molecule has 0 amide bonds. The lowest BCUT2D eigenvalue weighted by molar-refractivity contribution is 0.0690. The molecule has 5 nitrogen and oxygen atoms in total. The topological polar surface area (TPSA) is 68.0 Å². The molecule has 2 aromatic rings. The van der Waals surface area contributed by atoms with E-state index in [1.807, 2.05) is 6.07 Å². The highest BCUT2D eigenvalue weighted by molar-refractivity contribution is 9.10. The third-order valence-corrected chi connectivity index (χ3v) is 2.50. The molecule has 0 saturated heterocycles. The van der Waals surface area contributed by atoms with Gasteiger partial charge >= 0.3 is 5.97 Å². The van der Waals surface area contributed by atoms with Crippen molar-refractivity contribution in [2.75, 3.05) is 0 Å². The Morgan fingerprint density at radius 1 is 1.50 bits per heavy atom. The first kappa shape index (κ1) is 10.8. The van der Waals surface area contributed by atoms with Gasteiger partial charge in [-0.3, -0.25) is 0 Å². The summed E-state index contributed by atoms with van der Waals surface area (Å²) in [5.41, 5.74) is 0.745. The summed E-state index contributed by atoms with van der Waals surface area (Å²) in [6, 6.07) is 5.09. The number of aryl methyl sites for hydroxylation is 1. The number of carboxylic acid groups (broad SMARTS) is 1. The minimum Gasteiger partial charge on any atom is -0.476 e. The van der Waals surface area contributed by atoms with Gasteiger partial charge in [-0.1, -0.05) is 0 Å². The van der Waals surface area contributed by atoms with Gasteiger partial charge in [0.25, 0.3) is 0 Å². The predicted molar refractivity (Wildman–Crippen MR) is 60.8 cm³/mol. The number of hydrogen-bond donors (Lipinski definition) is 1. The van der Waals surface area contributed by atoms with Gasteiger partial charge in [-0.15, -0.1) is 0 Å². The minimum atomic E-state index is -1.04. The van der Waals surface area contributed by atoms with E-state index in [1.165, 1.54) is 10.7 Å². The molecule has 16 heavy (non-hydrogen) atoms. The number of nitrogens with zero attached hydrogens (tertiary/aromatic N) is 3. The van der Waals surface area contributed by atoms with Gasteiger partial charge in [0.05, 0.1) is 0 Å². The zero-order valence-electron chi connectivity index (χ0n) is 8.38. The second-order valence-corrected chi connectivity index (χ2v) is 4.14. The highest BCUT2D eigenvalue weighted by Gasteiger charge is 2.11. The van der Waals surface area contributed by atoms with Gasteiger partial charge in [0.15, 0.2) is 11.5 Å². The number of carbonyl (C=O) groups is 1. The lowest BCUT2D eigenvalue weighted by atomic mass is 10.4. The molecule has 1 N–H and O–H groups in total. The summed E-state index contributed by atoms with van der Waals surface area (Å²) < 4.78 is 2.36. The Hall–Kier alpha value is -1.69. The average Bonchev–Trinajstić information content (AvgIpc) is 2.62. The van der Waals surface area contributed by atoms with Gasteiger partial charge in [-0.05, 0) is 41.1 Å². The monoisotopic (exact) mass is 281 g/mol. The van der Waals surface area contributed by atoms with Crippen molar-refractivity contribution in [3.63, 3.8) is 0 Å². The van der Waals surface area contributed by atoms with E-state index in [1.54, 1.807) is 19.2 Å². The molecule has 0 saturated carbocycles. The summed E-state index contributed by atoms with van der Waals surface area (Å²) in [6.07, 6.45) is 1.64. The lowest BCUT2D eigenvalue weighted by Crippen LogP contribution is -2.03. The first-order valence-electron chi connectivity index (χ1n) is 4.50. The Labute approximate surface area is 99.9 Å². The van der Waals surface area contributed by atoms with Crippen LogP contribution in [-0.2, 0) is 0 Å². The molecular formula is C10H8BrN3O2. The van der Waals surface area contributed by atoms with Crippen molar-refractivity contribution in [2.24, 2.45) is 0 Å². The second-order valence-electron chi connectivity index (χ2n) is 3.22. The van der Waals surface area contributed by atoms with Crippen LogP contribution in [0.3, 0.4) is 0 Å². The molecule has 0 aromatic carbocycles. The molecule has 0 radical (unpaired) electrons. The molecule has 0 spiro atoms. The fourth-order valence-corrected chi connectivity index (χ4v) is 1.54. The minimum absolute atomic E-state index is 0.0159. The van der Waals surface area contributed by atoms with E-state index in [0.717, 1.165) is 10.2 Å². The molecule has 82 valence electrons. The van der Waals surface area contributed by atoms with Crippen LogP contribution in [0.1, 0.15) is 16.2 Å². The molecule has 2 rings (SSSR count). The summed E-state index contributed by atoms with van der Waals surface area (Å²) in [7, 11) is 0. The smallest absolute Gasteiger partial charge is 0.356 e. The van der Waals surface area contributed by atoms with Crippen molar-refractivity contribution < 1.29 is 9.90 Å². The highest BCUT2D eigenvalue weighted by atomic mass is 79.9. The number of aromatic carboxylic acids is 1. The van der Waals surface area contributed by atoms with Crippen LogP contribution >= 0.6 is 15.9 Å². The van der Waals surface area contributed by atoms with Gasteiger partial charge in [-0.25, -0.2) is 14.5 Å². The van der Waals surface area contributed by atoms with Crippen molar-refractivity contribution in [2.45, 2.75) is 6.92 Å². The van der Waals surface area contributed by atoms with Crippen LogP contribution in [0.25, 0.3) is 5.82 Å². The molecule has 0 aliphatic carbocycles. The number of halogens is 1. The summed E-state index contributed by atoms with van der Waals surface area (Å²) >= 11 is 3.28. The Morgan fingerprint density at radius 2 is 2.25 bits per heavy atom. The number of aromatic nitrogens is 3. The van der Waals surface area contributed by atoms with Crippen LogP contribution in [-0.4, -0.2) is 25.8 Å². The first-order valence-corrected chi connectivity index (χ1v) is 5.29. The quantitative estimate of drug-likeness (QED) is 0.915. The summed E-state index contributed by atoms with van der Waals surface area (Å²) in [6.45, 7) is 1.78. The van der Waals surface area contributed by atoms with E-state index < -0.39 is 5.97 Å². The van der Waals surface area contributed by atoms with Crippen LogP contribution in [0.5, 0.6) is 0 Å². The molecule has 0 aliphatic heterocycles. The van der Waals surface area contributed by atoms with Crippen molar-refractivity contribution >= 4 is 21.9 Å². The number of carboxylic acids is 1. The van der Waals surface area contributed by atoms with Gasteiger partial charge in [0.2, 0.25) is 0 Å². The van der Waals surface area contributed by atoms with Crippen LogP contribution in [0.15, 0.2) is 28.9 Å². The molecule has 0 aliphatic rings. The maximum Gasteiger partial charge on any atom is 0.356 e. The van der Waals surface area contributed by atoms with E-state index in [4.69, 9.17) is 5.11 Å². The Bertz CT molecular complexity index is 533. The summed E-state index contributed by atoms with van der Waals surface area (Å²) in [4.78, 5) is 14.9. The zero-order valence-corrected chi connectivity index (χ0v) is 9.97. The van der Waals surface area contributed by atoms with E-state index in [-0.39, 0.29) is 5.69 Å². The van der Waals surface area contributed by atoms with Crippen molar-refractivity contribution in [3.8, 4) is 5.82 Å². The van der Waals surface area contributed by atoms with Gasteiger partial charge in [0.1, 0.15) is 0 Å². The van der Waals surface area contributed by atoms with Crippen molar-refractivity contribution in [3.05, 3.63) is 40.3 Å². The Morgan fingerprint density at radius 3 is 2.75 bits per heavy atom. The highest BCUT2D eigenvalue weighted by Crippen LogP contribution is 2.13. The van der Waals surface area contributed by atoms with Gasteiger partial charge in [0, 0.05) is 16.4 Å². The molecule has 0 atom stereocenters. The molecule has 0 fully saturated rings. The molecule has 6 heteroatoms. The molecule has 0 unspecified atom stereocenters. The zero-order chi connectivity index (χ0) is 11.7. The SMILES string of the molecule is Cc1cc(C(=O)O)nn1-c1ccc(Br)cn1. The second kappa shape index (κ2) is 4.05. The van der Waals surface area contributed by atoms with Gasteiger partial charge < -0.3 is 5.11 Å². The molecular weight excluding hydrogens is 274 g/mol. The summed E-state index contributed by atoms with van der Waals surface area (Å²) in [5.74, 6) is -0.452. The van der Waals surface area contributed by atoms with Crippen LogP contribution < -0.4 is 0 Å². The van der Waals surface area contributed by atoms with Crippen molar-refractivity contribution in [1.29, 1.82) is 0 Å². The first-order chi connectivity index (χ1) is 7.58. The van der Waals surface area contributed by atoms with Crippen LogP contribution in [0.4, 0.5) is 0 Å². The summed E-state index contributed by atoms with van der Waals surface area (Å²) in [5, 5.41) is 12.8. The molecule has 2 heterocycles. The predicted octanol–water partition coefficient (Wildman–Crippen LogP) is 2.04. The van der Waals surface area contributed by atoms with Gasteiger partial charge in [-0.2, -0.15) is 5.10 Å². The standard InChI is InChI=1S/C10H8BrN3O2/c1-6-4-8(10(15)16)13-14(6)9-3-2-7(11)5-12-9/h2-5H,1H3,(H,15,16). The van der Waals surface area contributed by atoms with E-state index >= 15 is 0 Å². The fraction of sp³-hybridized carbons (Fsp3) is 0.100. The van der Waals surface area contributed by atoms with Crippen LogP contribution in [0, 0.1) is 6.92 Å². The van der Waals surface area contributed by atoms with E-state index in [2.05, 4.69) is 26.0 Å². The Balaban J connectivity index is 2.47. The van der Waals surface area contributed by atoms with E-state index in [0.29, 0.717) is 5.82 Å².